The molecule has 0 aliphatic rings. The van der Waals surface area contributed by atoms with Gasteiger partial charge in [0.15, 0.2) is 0 Å². The van der Waals surface area contributed by atoms with Gasteiger partial charge in [0.05, 0.1) is 19.8 Å². The fraction of sp³-hybridized carbons (Fsp3) is 0.914. The second kappa shape index (κ2) is 33.6. The van der Waals surface area contributed by atoms with Crippen LogP contribution in [0.1, 0.15) is 168 Å². The largest absolute Gasteiger partial charge is 0.472 e. The van der Waals surface area contributed by atoms with Crippen molar-refractivity contribution in [2.24, 2.45) is 5.73 Å². The third kappa shape index (κ3) is 32.6. The highest BCUT2D eigenvalue weighted by molar-refractivity contribution is 7.47. The van der Waals surface area contributed by atoms with Gasteiger partial charge >= 0.3 is 13.8 Å². The number of hydrogen-bond acceptors (Lipinski definition) is 7. The van der Waals surface area contributed by atoms with Crippen molar-refractivity contribution in [3.8, 4) is 0 Å². The maximum Gasteiger partial charge on any atom is 0.472 e. The molecule has 0 spiro atoms. The Morgan fingerprint density at radius 2 is 1.14 bits per heavy atom. The topological polar surface area (TPSA) is 117 Å². The Balaban J connectivity index is 4.00. The summed E-state index contributed by atoms with van der Waals surface area (Å²) in [6.45, 7) is 4.89. The van der Waals surface area contributed by atoms with Crippen molar-refractivity contribution in [2.75, 3.05) is 33.0 Å². The Bertz CT molecular complexity index is 692. The Morgan fingerprint density at radius 3 is 1.66 bits per heavy atom. The summed E-state index contributed by atoms with van der Waals surface area (Å²) in [6, 6.07) is 0. The van der Waals surface area contributed by atoms with Crippen LogP contribution < -0.4 is 5.73 Å². The van der Waals surface area contributed by atoms with Gasteiger partial charge < -0.3 is 20.1 Å². The molecular weight excluding hydrogens is 577 g/mol. The van der Waals surface area contributed by atoms with Crippen LogP contribution in [-0.2, 0) is 27.9 Å². The summed E-state index contributed by atoms with van der Waals surface area (Å²) in [5.41, 5.74) is 5.33. The molecule has 0 bridgehead atoms. The average Bonchev–Trinajstić information content (AvgIpc) is 3.01. The molecule has 9 heteroatoms. The van der Waals surface area contributed by atoms with Crippen LogP contribution in [0.2, 0.25) is 0 Å². The zero-order valence-corrected chi connectivity index (χ0v) is 29.6. The van der Waals surface area contributed by atoms with Crippen molar-refractivity contribution in [2.45, 2.75) is 174 Å². The van der Waals surface area contributed by atoms with Gasteiger partial charge in [0, 0.05) is 19.6 Å². The number of esters is 1. The van der Waals surface area contributed by atoms with E-state index in [9.17, 15) is 14.3 Å². The lowest BCUT2D eigenvalue weighted by atomic mass is 10.1. The predicted octanol–water partition coefficient (Wildman–Crippen LogP) is 9.97. The van der Waals surface area contributed by atoms with Gasteiger partial charge in [0.2, 0.25) is 0 Å². The van der Waals surface area contributed by atoms with Crippen molar-refractivity contribution < 1.29 is 32.8 Å². The van der Waals surface area contributed by atoms with Crippen LogP contribution in [-0.4, -0.2) is 49.9 Å². The van der Waals surface area contributed by atoms with Crippen LogP contribution in [0.3, 0.4) is 0 Å². The fourth-order valence-electron chi connectivity index (χ4n) is 4.99. The molecule has 0 rings (SSSR count). The van der Waals surface area contributed by atoms with E-state index in [0.717, 1.165) is 32.1 Å². The Kier molecular flexibility index (Phi) is 33.0. The molecule has 0 aromatic heterocycles. The number of nitrogens with two attached hydrogens (primary N) is 1. The lowest BCUT2D eigenvalue weighted by Gasteiger charge is -2.20. The van der Waals surface area contributed by atoms with E-state index in [4.69, 9.17) is 24.3 Å². The predicted molar refractivity (Wildman–Crippen MR) is 183 cm³/mol. The normalized spacial score (nSPS) is 13.8. The van der Waals surface area contributed by atoms with Crippen LogP contribution in [0.15, 0.2) is 12.2 Å². The highest BCUT2D eigenvalue weighted by Crippen LogP contribution is 2.43. The molecule has 44 heavy (non-hydrogen) atoms. The van der Waals surface area contributed by atoms with Gasteiger partial charge in [0.1, 0.15) is 6.10 Å². The van der Waals surface area contributed by atoms with Crippen LogP contribution >= 0.6 is 7.82 Å². The molecule has 0 aromatic rings. The Labute approximate surface area is 271 Å². The number of phosphoric ester groups is 1. The first-order chi connectivity index (χ1) is 21.4. The molecule has 0 aromatic carbocycles. The maximum absolute atomic E-state index is 12.5. The number of hydrogen-bond donors (Lipinski definition) is 2. The molecule has 0 amide bonds. The van der Waals surface area contributed by atoms with E-state index in [0.29, 0.717) is 13.0 Å². The van der Waals surface area contributed by atoms with Crippen molar-refractivity contribution in [3.05, 3.63) is 12.2 Å². The monoisotopic (exact) mass is 647 g/mol. The molecule has 0 saturated heterocycles. The van der Waals surface area contributed by atoms with Crippen LogP contribution in [0, 0.1) is 0 Å². The molecule has 0 aliphatic carbocycles. The number of ether oxygens (including phenoxy) is 2. The summed E-state index contributed by atoms with van der Waals surface area (Å²) in [4.78, 5) is 22.3. The minimum absolute atomic E-state index is 0.0939. The van der Waals surface area contributed by atoms with Gasteiger partial charge in [-0.1, -0.05) is 135 Å². The number of carbonyl (C=O) groups excluding carboxylic acids is 1. The highest BCUT2D eigenvalue weighted by atomic mass is 31.2. The molecule has 0 radical (unpaired) electrons. The standard InChI is InChI=1S/C35H70NO7P/c1-3-5-7-9-11-12-13-14-15-16-17-18-19-20-21-22-24-26-28-35(37)43-34(33-42-44(38,39)41-31-29-36)32-40-30-27-25-23-10-8-6-4-2/h15-16,34H,3-14,17-33,36H2,1-2H3,(H,38,39)/b16-15-. The zero-order chi connectivity index (χ0) is 32.4. The van der Waals surface area contributed by atoms with Gasteiger partial charge in [0.25, 0.3) is 0 Å². The number of allylic oxidation sites excluding steroid dienone is 2. The summed E-state index contributed by atoms with van der Waals surface area (Å²) < 4.78 is 33.1. The molecule has 2 atom stereocenters. The number of rotatable bonds is 35. The van der Waals surface area contributed by atoms with E-state index in [2.05, 4.69) is 26.0 Å². The number of phosphoric acid groups is 1. The van der Waals surface area contributed by atoms with E-state index in [1.54, 1.807) is 0 Å². The molecule has 0 aliphatic heterocycles. The zero-order valence-electron chi connectivity index (χ0n) is 28.7. The third-order valence-electron chi connectivity index (χ3n) is 7.68. The molecular formula is C35H70NO7P. The average molecular weight is 648 g/mol. The Morgan fingerprint density at radius 1 is 0.659 bits per heavy atom. The number of carbonyl (C=O) groups is 1. The summed E-state index contributed by atoms with van der Waals surface area (Å²) in [6.07, 6.45) is 32.3. The van der Waals surface area contributed by atoms with E-state index < -0.39 is 13.9 Å². The quantitative estimate of drug-likeness (QED) is 0.0302. The van der Waals surface area contributed by atoms with Crippen molar-refractivity contribution in [1.82, 2.24) is 0 Å². The summed E-state index contributed by atoms with van der Waals surface area (Å²) >= 11 is 0. The molecule has 0 heterocycles. The van der Waals surface area contributed by atoms with Crippen molar-refractivity contribution >= 4 is 13.8 Å². The first kappa shape index (κ1) is 43.2. The first-order valence-corrected chi connectivity index (χ1v) is 19.7. The lowest BCUT2D eigenvalue weighted by Crippen LogP contribution is -2.28. The minimum Gasteiger partial charge on any atom is -0.457 e. The van der Waals surface area contributed by atoms with Crippen LogP contribution in [0.25, 0.3) is 0 Å². The second-order valence-corrected chi connectivity index (χ2v) is 13.5. The van der Waals surface area contributed by atoms with E-state index in [1.807, 2.05) is 0 Å². The maximum atomic E-state index is 12.5. The molecule has 2 unspecified atom stereocenters. The number of unbranched alkanes of at least 4 members (excludes halogenated alkanes) is 20. The molecule has 262 valence electrons. The molecule has 0 saturated carbocycles. The highest BCUT2D eigenvalue weighted by Gasteiger charge is 2.25. The lowest BCUT2D eigenvalue weighted by molar-refractivity contribution is -0.154. The fourth-order valence-corrected chi connectivity index (χ4v) is 5.76. The van der Waals surface area contributed by atoms with E-state index in [1.165, 1.54) is 116 Å². The van der Waals surface area contributed by atoms with E-state index >= 15 is 0 Å². The first-order valence-electron chi connectivity index (χ1n) is 18.2. The van der Waals surface area contributed by atoms with Gasteiger partial charge in [-0.2, -0.15) is 0 Å². The van der Waals surface area contributed by atoms with Crippen molar-refractivity contribution in [1.29, 1.82) is 0 Å². The SMILES string of the molecule is CCCCCCCCC/C=C\CCCCCCCCCC(=O)OC(COCCCCCCCCC)COP(=O)(O)OCCN. The van der Waals surface area contributed by atoms with Gasteiger partial charge in [-0.3, -0.25) is 13.8 Å². The van der Waals surface area contributed by atoms with Crippen LogP contribution in [0.5, 0.6) is 0 Å². The van der Waals surface area contributed by atoms with Gasteiger partial charge in [-0.15, -0.1) is 0 Å². The second-order valence-electron chi connectivity index (χ2n) is 12.1. The van der Waals surface area contributed by atoms with E-state index in [-0.39, 0.29) is 32.3 Å². The van der Waals surface area contributed by atoms with Crippen LogP contribution in [0.4, 0.5) is 0 Å². The molecule has 0 fully saturated rings. The van der Waals surface area contributed by atoms with Gasteiger partial charge in [-0.25, -0.2) is 4.57 Å². The van der Waals surface area contributed by atoms with Crippen molar-refractivity contribution in [3.63, 3.8) is 0 Å². The smallest absolute Gasteiger partial charge is 0.457 e. The molecule has 3 N–H and O–H groups in total. The summed E-state index contributed by atoms with van der Waals surface area (Å²) in [7, 11) is -4.26. The molecule has 8 nitrogen and oxygen atoms in total. The summed E-state index contributed by atoms with van der Waals surface area (Å²) in [5, 5.41) is 0. The van der Waals surface area contributed by atoms with Gasteiger partial charge in [-0.05, 0) is 38.5 Å². The Hall–Kier alpha value is -0.760. The third-order valence-corrected chi connectivity index (χ3v) is 8.67. The minimum atomic E-state index is -4.26. The summed E-state index contributed by atoms with van der Waals surface area (Å²) in [5.74, 6) is -0.336.